The maximum atomic E-state index is 12.8. The first kappa shape index (κ1) is 31.9. The van der Waals surface area contributed by atoms with Gasteiger partial charge in [0, 0.05) is 20.1 Å². The third kappa shape index (κ3) is 9.74. The Morgan fingerprint density at radius 3 is 2.19 bits per heavy atom. The number of hydrogen-bond donors (Lipinski definition) is 6. The molecule has 1 heterocycles. The Bertz CT molecular complexity index is 732. The van der Waals surface area contributed by atoms with Crippen LogP contribution in [-0.2, 0) is 28.7 Å². The number of rotatable bonds is 15. The van der Waals surface area contributed by atoms with Crippen molar-refractivity contribution in [3.63, 3.8) is 0 Å². The standard InChI is InChI=1S/C24H43N3O9/c1-6-7-11-16(29)27-17(13(2)3)22(33)26-15(14(4)28)10-8-9-12-25-23(34)21-19(31)18(30)20(32)24(35-5)36-21/h13,15,17-21,24,30-32H,6-12H2,1-5H3,(H,25,34)(H,26,33)(H,27,29)/t15-,17-,18-,19-,20+,21?,24+/m0/s1. The summed E-state index contributed by atoms with van der Waals surface area (Å²) >= 11 is 0. The summed E-state index contributed by atoms with van der Waals surface area (Å²) in [5, 5.41) is 37.8. The third-order valence-electron chi connectivity index (χ3n) is 6.11. The molecule has 7 atom stereocenters. The number of carbonyl (C=O) groups excluding carboxylic acids is 4. The molecule has 1 fully saturated rings. The Labute approximate surface area is 212 Å². The van der Waals surface area contributed by atoms with Crippen LogP contribution in [0.2, 0.25) is 0 Å². The van der Waals surface area contributed by atoms with E-state index < -0.39 is 54.6 Å². The first-order valence-corrected chi connectivity index (χ1v) is 12.5. The summed E-state index contributed by atoms with van der Waals surface area (Å²) in [5.74, 6) is -1.67. The highest BCUT2D eigenvalue weighted by Crippen LogP contribution is 2.21. The summed E-state index contributed by atoms with van der Waals surface area (Å²) < 4.78 is 10.1. The number of nitrogens with one attached hydrogen (secondary N) is 3. The van der Waals surface area contributed by atoms with E-state index in [-0.39, 0.29) is 24.2 Å². The van der Waals surface area contributed by atoms with E-state index in [0.717, 1.165) is 12.8 Å². The van der Waals surface area contributed by atoms with Gasteiger partial charge in [0.2, 0.25) is 11.8 Å². The second-order valence-corrected chi connectivity index (χ2v) is 9.48. The summed E-state index contributed by atoms with van der Waals surface area (Å²) in [4.78, 5) is 49.3. The lowest BCUT2D eigenvalue weighted by atomic mass is 9.98. The topological polar surface area (TPSA) is 184 Å². The second kappa shape index (κ2) is 15.9. The van der Waals surface area contributed by atoms with Crippen LogP contribution in [0.1, 0.15) is 66.2 Å². The van der Waals surface area contributed by atoms with Crippen LogP contribution >= 0.6 is 0 Å². The molecule has 1 unspecified atom stereocenters. The summed E-state index contributed by atoms with van der Waals surface area (Å²) in [6.07, 6.45) is -4.17. The molecule has 208 valence electrons. The molecule has 0 spiro atoms. The van der Waals surface area contributed by atoms with E-state index in [0.29, 0.717) is 25.7 Å². The molecular weight excluding hydrogens is 474 g/mol. The van der Waals surface area contributed by atoms with Gasteiger partial charge in [0.1, 0.15) is 24.4 Å². The van der Waals surface area contributed by atoms with Crippen molar-refractivity contribution in [1.29, 1.82) is 0 Å². The molecule has 1 rings (SSSR count). The lowest BCUT2D eigenvalue weighted by Crippen LogP contribution is -2.61. The average molecular weight is 518 g/mol. The van der Waals surface area contributed by atoms with Crippen molar-refractivity contribution in [2.24, 2.45) is 5.92 Å². The lowest BCUT2D eigenvalue weighted by Gasteiger charge is -2.38. The SMILES string of the molecule is CCCCC(=O)N[C@H](C(=O)N[C@@H](CCCCNC(=O)C1O[C@@H](OC)[C@H](O)[C@@H](O)[C@@H]1O)C(C)=O)C(C)C. The number of hydrogen-bond acceptors (Lipinski definition) is 9. The van der Waals surface area contributed by atoms with Gasteiger partial charge in [-0.1, -0.05) is 27.2 Å². The van der Waals surface area contributed by atoms with Crippen molar-refractivity contribution in [3.05, 3.63) is 0 Å². The van der Waals surface area contributed by atoms with Crippen LogP contribution in [0.25, 0.3) is 0 Å². The molecule has 0 bridgehead atoms. The van der Waals surface area contributed by atoms with Gasteiger partial charge >= 0.3 is 0 Å². The number of carbonyl (C=O) groups is 4. The fourth-order valence-corrected chi connectivity index (χ4v) is 3.80. The molecule has 6 N–H and O–H groups in total. The van der Waals surface area contributed by atoms with Gasteiger partial charge in [-0.25, -0.2) is 0 Å². The Balaban J connectivity index is 2.52. The Kier molecular flexibility index (Phi) is 14.1. The molecule has 0 aromatic heterocycles. The molecule has 0 saturated carbocycles. The molecular formula is C24H43N3O9. The lowest BCUT2D eigenvalue weighted by molar-refractivity contribution is -0.283. The number of amides is 3. The number of ether oxygens (including phenoxy) is 2. The first-order chi connectivity index (χ1) is 16.9. The minimum absolute atomic E-state index is 0.159. The third-order valence-corrected chi connectivity index (χ3v) is 6.11. The van der Waals surface area contributed by atoms with Crippen LogP contribution < -0.4 is 16.0 Å². The van der Waals surface area contributed by atoms with E-state index in [9.17, 15) is 34.5 Å². The first-order valence-electron chi connectivity index (χ1n) is 12.5. The number of unbranched alkanes of at least 4 members (excludes halogenated alkanes) is 2. The van der Waals surface area contributed by atoms with Gasteiger partial charge in [-0.05, 0) is 38.5 Å². The average Bonchev–Trinajstić information content (AvgIpc) is 2.83. The fourth-order valence-electron chi connectivity index (χ4n) is 3.80. The van der Waals surface area contributed by atoms with E-state index in [1.54, 1.807) is 0 Å². The van der Waals surface area contributed by atoms with Crippen LogP contribution in [0.5, 0.6) is 0 Å². The summed E-state index contributed by atoms with van der Waals surface area (Å²) in [6, 6.07) is -1.48. The molecule has 3 amide bonds. The number of aliphatic hydroxyl groups is 3. The highest BCUT2D eigenvalue weighted by molar-refractivity contribution is 5.92. The summed E-state index contributed by atoms with van der Waals surface area (Å²) in [6.45, 7) is 7.18. The highest BCUT2D eigenvalue weighted by atomic mass is 16.7. The quantitative estimate of drug-likeness (QED) is 0.150. The largest absolute Gasteiger partial charge is 0.387 e. The molecule has 0 aliphatic carbocycles. The normalized spacial score (nSPS) is 25.6. The van der Waals surface area contributed by atoms with Crippen molar-refractivity contribution in [1.82, 2.24) is 16.0 Å². The van der Waals surface area contributed by atoms with E-state index in [1.165, 1.54) is 14.0 Å². The zero-order chi connectivity index (χ0) is 27.4. The van der Waals surface area contributed by atoms with E-state index in [1.807, 2.05) is 20.8 Å². The molecule has 12 heteroatoms. The van der Waals surface area contributed by atoms with Gasteiger partial charge < -0.3 is 40.7 Å². The Morgan fingerprint density at radius 2 is 1.64 bits per heavy atom. The maximum absolute atomic E-state index is 12.8. The second-order valence-electron chi connectivity index (χ2n) is 9.48. The van der Waals surface area contributed by atoms with Crippen molar-refractivity contribution in [2.75, 3.05) is 13.7 Å². The highest BCUT2D eigenvalue weighted by Gasteiger charge is 2.46. The van der Waals surface area contributed by atoms with Gasteiger partial charge in [-0.2, -0.15) is 0 Å². The van der Waals surface area contributed by atoms with Crippen LogP contribution in [0.4, 0.5) is 0 Å². The number of aliphatic hydroxyl groups excluding tert-OH is 3. The molecule has 12 nitrogen and oxygen atoms in total. The molecule has 36 heavy (non-hydrogen) atoms. The van der Waals surface area contributed by atoms with Gasteiger partial charge in [0.15, 0.2) is 18.2 Å². The Morgan fingerprint density at radius 1 is 0.972 bits per heavy atom. The molecule has 0 radical (unpaired) electrons. The number of Topliss-reactive ketones (excluding diaryl/α,β-unsaturated/α-hetero) is 1. The summed E-state index contributed by atoms with van der Waals surface area (Å²) in [5.41, 5.74) is 0. The fraction of sp³-hybridized carbons (Fsp3) is 0.833. The maximum Gasteiger partial charge on any atom is 0.252 e. The van der Waals surface area contributed by atoms with Crippen molar-refractivity contribution >= 4 is 23.5 Å². The number of methoxy groups -OCH3 is 1. The van der Waals surface area contributed by atoms with Crippen LogP contribution in [-0.4, -0.2) is 95.3 Å². The molecule has 1 aliphatic rings. The van der Waals surface area contributed by atoms with Crippen LogP contribution in [0.3, 0.4) is 0 Å². The zero-order valence-electron chi connectivity index (χ0n) is 21.9. The van der Waals surface area contributed by atoms with Gasteiger partial charge in [-0.15, -0.1) is 0 Å². The monoisotopic (exact) mass is 517 g/mol. The molecule has 1 aliphatic heterocycles. The molecule has 1 saturated heterocycles. The molecule has 0 aromatic carbocycles. The van der Waals surface area contributed by atoms with Crippen molar-refractivity contribution in [2.45, 2.75) is 109 Å². The minimum atomic E-state index is -1.62. The van der Waals surface area contributed by atoms with Crippen LogP contribution in [0.15, 0.2) is 0 Å². The van der Waals surface area contributed by atoms with Gasteiger partial charge in [0.25, 0.3) is 5.91 Å². The smallest absolute Gasteiger partial charge is 0.252 e. The predicted octanol–water partition coefficient (Wildman–Crippen LogP) is -0.868. The van der Waals surface area contributed by atoms with Gasteiger partial charge in [-0.3, -0.25) is 19.2 Å². The van der Waals surface area contributed by atoms with E-state index in [4.69, 9.17) is 9.47 Å². The van der Waals surface area contributed by atoms with E-state index >= 15 is 0 Å². The zero-order valence-corrected chi connectivity index (χ0v) is 21.9. The molecule has 0 aromatic rings. The van der Waals surface area contributed by atoms with Gasteiger partial charge in [0.05, 0.1) is 6.04 Å². The number of ketones is 1. The predicted molar refractivity (Wildman–Crippen MR) is 129 cm³/mol. The van der Waals surface area contributed by atoms with E-state index in [2.05, 4.69) is 16.0 Å². The Hall–Kier alpha value is -2.12. The summed E-state index contributed by atoms with van der Waals surface area (Å²) in [7, 11) is 1.24. The van der Waals surface area contributed by atoms with Crippen molar-refractivity contribution < 1.29 is 44.0 Å². The minimum Gasteiger partial charge on any atom is -0.387 e. The van der Waals surface area contributed by atoms with Crippen LogP contribution in [0, 0.1) is 5.92 Å². The van der Waals surface area contributed by atoms with Crippen molar-refractivity contribution in [3.8, 4) is 0 Å².